The van der Waals surface area contributed by atoms with Gasteiger partial charge in [0.15, 0.2) is 0 Å². The van der Waals surface area contributed by atoms with E-state index in [9.17, 15) is 0 Å². The summed E-state index contributed by atoms with van der Waals surface area (Å²) >= 11 is 0. The minimum Gasteiger partial charge on any atom is -0.0619 e. The zero-order chi connectivity index (χ0) is 18.0. The molecular weight excluding hydrogens is 324 g/mol. The van der Waals surface area contributed by atoms with Crippen molar-refractivity contribution >= 4 is 0 Å². The number of fused-ring (bicyclic) bond motifs is 10. The predicted octanol–water partition coefficient (Wildman–Crippen LogP) is 6.59. The maximum Gasteiger partial charge on any atom is 0.0725 e. The molecule has 0 nitrogen and oxygen atoms in total. The van der Waals surface area contributed by atoms with E-state index < -0.39 is 0 Å². The van der Waals surface area contributed by atoms with Gasteiger partial charge in [-0.15, -0.1) is 0 Å². The van der Waals surface area contributed by atoms with E-state index in [0.29, 0.717) is 0 Å². The van der Waals surface area contributed by atoms with Crippen molar-refractivity contribution in [3.63, 3.8) is 0 Å². The van der Waals surface area contributed by atoms with E-state index in [2.05, 4.69) is 97.9 Å². The van der Waals surface area contributed by atoms with Gasteiger partial charge in [-0.1, -0.05) is 97.9 Å². The summed E-state index contributed by atoms with van der Waals surface area (Å²) < 4.78 is 0. The van der Waals surface area contributed by atoms with Crippen LogP contribution in [0.3, 0.4) is 0 Å². The molecule has 2 aliphatic rings. The number of rotatable bonds is 1. The van der Waals surface area contributed by atoms with Gasteiger partial charge in [-0.3, -0.25) is 0 Å². The zero-order valence-corrected chi connectivity index (χ0v) is 15.4. The summed E-state index contributed by atoms with van der Waals surface area (Å²) in [6, 6.07) is 34.0. The van der Waals surface area contributed by atoms with Crippen LogP contribution in [0.4, 0.5) is 0 Å². The van der Waals surface area contributed by atoms with Gasteiger partial charge in [0, 0.05) is 0 Å². The van der Waals surface area contributed by atoms with E-state index in [0.717, 1.165) is 6.42 Å². The molecule has 0 N–H and O–H groups in total. The summed E-state index contributed by atoms with van der Waals surface area (Å²) in [5.41, 5.74) is 12.4. The van der Waals surface area contributed by atoms with Gasteiger partial charge in [-0.05, 0) is 56.5 Å². The van der Waals surface area contributed by atoms with Crippen molar-refractivity contribution in [1.82, 2.24) is 0 Å². The van der Waals surface area contributed by atoms with E-state index in [1.165, 1.54) is 50.1 Å². The highest BCUT2D eigenvalue weighted by Crippen LogP contribution is 2.62. The SMILES string of the molecule is CCc1ccc2c(c1)-c1ccccc1C21c2ccccc2-c2ccccc21. The maximum atomic E-state index is 2.41. The summed E-state index contributed by atoms with van der Waals surface area (Å²) in [4.78, 5) is 0. The lowest BCUT2D eigenvalue weighted by Crippen LogP contribution is -2.25. The lowest BCUT2D eigenvalue weighted by Gasteiger charge is -2.30. The molecule has 0 atom stereocenters. The summed E-state index contributed by atoms with van der Waals surface area (Å²) in [7, 11) is 0. The van der Waals surface area contributed by atoms with Crippen LogP contribution < -0.4 is 0 Å². The average molecular weight is 344 g/mol. The lowest BCUT2D eigenvalue weighted by molar-refractivity contribution is 0.793. The molecule has 27 heavy (non-hydrogen) atoms. The predicted molar refractivity (Wildman–Crippen MR) is 112 cm³/mol. The Morgan fingerprint density at radius 2 is 0.963 bits per heavy atom. The Kier molecular flexibility index (Phi) is 2.89. The van der Waals surface area contributed by atoms with Crippen LogP contribution >= 0.6 is 0 Å². The van der Waals surface area contributed by atoms with Gasteiger partial charge in [0.25, 0.3) is 0 Å². The summed E-state index contributed by atoms with van der Waals surface area (Å²) in [5, 5.41) is 0. The van der Waals surface area contributed by atoms with E-state index in [-0.39, 0.29) is 5.41 Å². The van der Waals surface area contributed by atoms with E-state index in [1.54, 1.807) is 0 Å². The topological polar surface area (TPSA) is 0 Å². The first-order chi connectivity index (χ1) is 13.4. The highest BCUT2D eigenvalue weighted by Gasteiger charge is 2.51. The lowest BCUT2D eigenvalue weighted by atomic mass is 9.70. The fraction of sp³-hybridized carbons (Fsp3) is 0.111. The Labute approximate surface area is 160 Å². The van der Waals surface area contributed by atoms with Crippen molar-refractivity contribution in [2.75, 3.05) is 0 Å². The Bertz CT molecular complexity index is 1170. The Balaban J connectivity index is 1.84. The quantitative estimate of drug-likeness (QED) is 0.315. The maximum absolute atomic E-state index is 2.41. The number of hydrogen-bond donors (Lipinski definition) is 0. The molecule has 0 unspecified atom stereocenters. The van der Waals surface area contributed by atoms with Crippen LogP contribution in [0.1, 0.15) is 34.7 Å². The van der Waals surface area contributed by atoms with Crippen LogP contribution in [0.25, 0.3) is 22.3 Å². The molecule has 2 aliphatic carbocycles. The monoisotopic (exact) mass is 344 g/mol. The third kappa shape index (κ3) is 1.69. The van der Waals surface area contributed by atoms with Crippen LogP contribution in [0.5, 0.6) is 0 Å². The molecule has 0 heterocycles. The molecule has 0 amide bonds. The van der Waals surface area contributed by atoms with Crippen LogP contribution in [0.15, 0.2) is 91.0 Å². The van der Waals surface area contributed by atoms with Crippen molar-refractivity contribution in [3.8, 4) is 22.3 Å². The molecule has 0 heteroatoms. The van der Waals surface area contributed by atoms with E-state index in [1.807, 2.05) is 0 Å². The first kappa shape index (κ1) is 15.0. The molecule has 6 rings (SSSR count). The van der Waals surface area contributed by atoms with Gasteiger partial charge >= 0.3 is 0 Å². The van der Waals surface area contributed by atoms with Crippen molar-refractivity contribution in [1.29, 1.82) is 0 Å². The Morgan fingerprint density at radius 1 is 0.519 bits per heavy atom. The minimum atomic E-state index is -0.189. The van der Waals surface area contributed by atoms with Crippen molar-refractivity contribution in [2.45, 2.75) is 18.8 Å². The van der Waals surface area contributed by atoms with Crippen molar-refractivity contribution < 1.29 is 0 Å². The molecule has 0 aliphatic heterocycles. The molecule has 0 bridgehead atoms. The number of aryl methyl sites for hydroxylation is 1. The summed E-state index contributed by atoms with van der Waals surface area (Å²) in [5.74, 6) is 0. The fourth-order valence-electron chi connectivity index (χ4n) is 5.37. The van der Waals surface area contributed by atoms with Gasteiger partial charge in [-0.25, -0.2) is 0 Å². The average Bonchev–Trinajstić information content (AvgIpc) is 3.21. The molecule has 0 fully saturated rings. The van der Waals surface area contributed by atoms with Crippen molar-refractivity contribution in [3.05, 3.63) is 119 Å². The third-order valence-electron chi connectivity index (χ3n) is 6.47. The van der Waals surface area contributed by atoms with E-state index >= 15 is 0 Å². The molecule has 128 valence electrons. The first-order valence-corrected chi connectivity index (χ1v) is 9.78. The molecule has 4 aromatic rings. The minimum absolute atomic E-state index is 0.189. The summed E-state index contributed by atoms with van der Waals surface area (Å²) in [6.07, 6.45) is 1.07. The molecule has 0 aromatic heterocycles. The second-order valence-electron chi connectivity index (χ2n) is 7.62. The Morgan fingerprint density at radius 3 is 1.48 bits per heavy atom. The second-order valence-corrected chi connectivity index (χ2v) is 7.62. The van der Waals surface area contributed by atoms with Gasteiger partial charge in [-0.2, -0.15) is 0 Å². The van der Waals surface area contributed by atoms with E-state index in [4.69, 9.17) is 0 Å². The van der Waals surface area contributed by atoms with Crippen LogP contribution in [0, 0.1) is 0 Å². The highest BCUT2D eigenvalue weighted by atomic mass is 14.5. The van der Waals surface area contributed by atoms with Crippen molar-refractivity contribution in [2.24, 2.45) is 0 Å². The van der Waals surface area contributed by atoms with Crippen LogP contribution in [0.2, 0.25) is 0 Å². The highest BCUT2D eigenvalue weighted by molar-refractivity contribution is 5.94. The smallest absolute Gasteiger partial charge is 0.0619 e. The van der Waals surface area contributed by atoms with Crippen LogP contribution in [-0.2, 0) is 11.8 Å². The first-order valence-electron chi connectivity index (χ1n) is 9.78. The number of benzene rings is 4. The standard InChI is InChI=1S/C27H20/c1-2-18-15-16-26-22(17-18)21-11-5-8-14-25(21)27(26)23-12-6-3-9-19(23)20-10-4-7-13-24(20)27/h3-17H,2H2,1H3. The van der Waals surface area contributed by atoms with Gasteiger partial charge in [0.2, 0.25) is 0 Å². The largest absolute Gasteiger partial charge is 0.0725 e. The molecule has 1 spiro atoms. The molecular formula is C27H20. The molecule has 0 saturated carbocycles. The summed E-state index contributed by atoms with van der Waals surface area (Å²) in [6.45, 7) is 2.23. The number of hydrogen-bond acceptors (Lipinski definition) is 0. The fourth-order valence-corrected chi connectivity index (χ4v) is 5.37. The molecule has 0 radical (unpaired) electrons. The zero-order valence-electron chi connectivity index (χ0n) is 15.4. The molecule has 0 saturated heterocycles. The second kappa shape index (κ2) is 5.20. The van der Waals surface area contributed by atoms with Gasteiger partial charge in [0.1, 0.15) is 0 Å². The van der Waals surface area contributed by atoms with Gasteiger partial charge < -0.3 is 0 Å². The Hall–Kier alpha value is -3.12. The van der Waals surface area contributed by atoms with Crippen LogP contribution in [-0.4, -0.2) is 0 Å². The third-order valence-corrected chi connectivity index (χ3v) is 6.47. The van der Waals surface area contributed by atoms with Gasteiger partial charge in [0.05, 0.1) is 5.41 Å². The molecule has 4 aromatic carbocycles. The normalized spacial score (nSPS) is 14.6.